The van der Waals surface area contributed by atoms with Crippen LogP contribution in [0.15, 0.2) is 33.6 Å². The van der Waals surface area contributed by atoms with Crippen LogP contribution in [-0.2, 0) is 11.3 Å². The van der Waals surface area contributed by atoms with Crippen LogP contribution in [0.1, 0.15) is 53.7 Å². The van der Waals surface area contributed by atoms with Gasteiger partial charge in [-0.1, -0.05) is 30.3 Å². The van der Waals surface area contributed by atoms with Gasteiger partial charge in [-0.15, -0.1) is 0 Å². The van der Waals surface area contributed by atoms with Crippen molar-refractivity contribution in [2.24, 2.45) is 0 Å². The largest absolute Gasteiger partial charge is 0.361 e. The summed E-state index contributed by atoms with van der Waals surface area (Å²) < 4.78 is 6.37. The Balaban J connectivity index is 1.84. The summed E-state index contributed by atoms with van der Waals surface area (Å²) >= 11 is 0. The van der Waals surface area contributed by atoms with Crippen LogP contribution in [0.25, 0.3) is 10.8 Å². The zero-order valence-corrected chi connectivity index (χ0v) is 16.8. The first-order chi connectivity index (χ1) is 13.8. The van der Waals surface area contributed by atoms with Crippen LogP contribution < -0.4 is 16.4 Å². The molecule has 3 rings (SSSR count). The molecule has 1 aromatic carbocycles. The van der Waals surface area contributed by atoms with Gasteiger partial charge in [-0.05, 0) is 33.3 Å². The van der Waals surface area contributed by atoms with Gasteiger partial charge in [0, 0.05) is 17.5 Å². The van der Waals surface area contributed by atoms with Crippen molar-refractivity contribution in [2.75, 3.05) is 0 Å². The number of hydrazine groups is 1. The summed E-state index contributed by atoms with van der Waals surface area (Å²) in [6.07, 6.45) is 0.692. The number of nitrogens with zero attached hydrogens (tertiary/aromatic N) is 3. The van der Waals surface area contributed by atoms with Crippen LogP contribution in [0.3, 0.4) is 0 Å². The maximum atomic E-state index is 12.7. The second-order valence-electron chi connectivity index (χ2n) is 6.83. The van der Waals surface area contributed by atoms with Gasteiger partial charge in [0.25, 0.3) is 11.5 Å². The van der Waals surface area contributed by atoms with E-state index in [1.54, 1.807) is 45.0 Å². The molecule has 29 heavy (non-hydrogen) atoms. The third kappa shape index (κ3) is 3.89. The van der Waals surface area contributed by atoms with Crippen molar-refractivity contribution >= 4 is 22.6 Å². The molecule has 9 heteroatoms. The Hall–Kier alpha value is -3.49. The van der Waals surface area contributed by atoms with Crippen molar-refractivity contribution in [3.63, 3.8) is 0 Å². The number of carbonyl (C=O) groups excluding carboxylic acids is 2. The van der Waals surface area contributed by atoms with E-state index in [9.17, 15) is 14.4 Å². The molecule has 3 aromatic rings. The van der Waals surface area contributed by atoms with Gasteiger partial charge in [0.05, 0.1) is 17.0 Å². The fourth-order valence-corrected chi connectivity index (χ4v) is 3.29. The highest BCUT2D eigenvalue weighted by Gasteiger charge is 2.24. The number of rotatable bonds is 5. The lowest BCUT2D eigenvalue weighted by atomic mass is 9.99. The molecule has 152 valence electrons. The van der Waals surface area contributed by atoms with Crippen molar-refractivity contribution in [3.05, 3.63) is 57.3 Å². The first kappa shape index (κ1) is 20.2. The minimum Gasteiger partial charge on any atom is -0.361 e. The molecule has 2 N–H and O–H groups in total. The molecule has 0 radical (unpaired) electrons. The van der Waals surface area contributed by atoms with Gasteiger partial charge in [0.2, 0.25) is 5.91 Å². The molecule has 1 atom stereocenters. The van der Waals surface area contributed by atoms with Gasteiger partial charge in [0.1, 0.15) is 5.76 Å². The predicted molar refractivity (Wildman–Crippen MR) is 106 cm³/mol. The lowest BCUT2D eigenvalue weighted by Gasteiger charge is -2.14. The molecule has 2 heterocycles. The standard InChI is InChI=1S/C20H23N5O4/c1-5-10-25-20(28)15-9-7-6-8-14(15)17(23-25)19(27)22-21-18(26)11(2)16-12(3)24-29-13(16)4/h6-9,11H,5,10H2,1-4H3,(H,21,26)(H,22,27). The van der Waals surface area contributed by atoms with Crippen LogP contribution in [-0.4, -0.2) is 26.8 Å². The summed E-state index contributed by atoms with van der Waals surface area (Å²) in [6.45, 7) is 7.48. The number of hydrogen-bond acceptors (Lipinski definition) is 6. The number of aryl methyl sites for hydroxylation is 3. The van der Waals surface area contributed by atoms with Gasteiger partial charge in [-0.3, -0.25) is 25.2 Å². The summed E-state index contributed by atoms with van der Waals surface area (Å²) in [7, 11) is 0. The number of carbonyl (C=O) groups is 2. The van der Waals surface area contributed by atoms with E-state index in [1.165, 1.54) is 4.68 Å². The highest BCUT2D eigenvalue weighted by atomic mass is 16.5. The molecule has 2 amide bonds. The van der Waals surface area contributed by atoms with E-state index in [0.29, 0.717) is 40.8 Å². The summed E-state index contributed by atoms with van der Waals surface area (Å²) in [5, 5.41) is 8.88. The van der Waals surface area contributed by atoms with Crippen molar-refractivity contribution in [1.29, 1.82) is 0 Å². The maximum Gasteiger partial charge on any atom is 0.290 e. The average Bonchev–Trinajstić information content (AvgIpc) is 3.05. The van der Waals surface area contributed by atoms with E-state index in [4.69, 9.17) is 4.52 Å². The lowest BCUT2D eigenvalue weighted by molar-refractivity contribution is -0.123. The van der Waals surface area contributed by atoms with E-state index >= 15 is 0 Å². The van der Waals surface area contributed by atoms with Crippen molar-refractivity contribution in [2.45, 2.75) is 46.6 Å². The monoisotopic (exact) mass is 397 g/mol. The summed E-state index contributed by atoms with van der Waals surface area (Å²) in [5.74, 6) is -1.04. The Bertz CT molecular complexity index is 1110. The van der Waals surface area contributed by atoms with Crippen LogP contribution in [0.2, 0.25) is 0 Å². The minimum atomic E-state index is -0.606. The number of hydrogen-bond donors (Lipinski definition) is 2. The molecule has 0 saturated carbocycles. The summed E-state index contributed by atoms with van der Waals surface area (Å²) in [5.41, 5.74) is 5.93. The van der Waals surface area contributed by atoms with Gasteiger partial charge in [-0.25, -0.2) is 4.68 Å². The molecule has 9 nitrogen and oxygen atoms in total. The van der Waals surface area contributed by atoms with E-state index in [2.05, 4.69) is 21.1 Å². The van der Waals surface area contributed by atoms with Crippen LogP contribution in [0, 0.1) is 13.8 Å². The van der Waals surface area contributed by atoms with Crippen molar-refractivity contribution in [1.82, 2.24) is 25.8 Å². The fraction of sp³-hybridized carbons (Fsp3) is 0.350. The summed E-state index contributed by atoms with van der Waals surface area (Å²) in [6, 6.07) is 6.76. The van der Waals surface area contributed by atoms with Crippen LogP contribution in [0.5, 0.6) is 0 Å². The Morgan fingerprint density at radius 2 is 1.86 bits per heavy atom. The van der Waals surface area contributed by atoms with Gasteiger partial charge in [0.15, 0.2) is 5.69 Å². The molecule has 0 saturated heterocycles. The zero-order valence-electron chi connectivity index (χ0n) is 16.8. The van der Waals surface area contributed by atoms with E-state index in [-0.39, 0.29) is 11.3 Å². The van der Waals surface area contributed by atoms with E-state index < -0.39 is 17.7 Å². The number of benzene rings is 1. The number of nitrogens with one attached hydrogen (secondary N) is 2. The third-order valence-corrected chi connectivity index (χ3v) is 4.73. The Morgan fingerprint density at radius 1 is 1.17 bits per heavy atom. The van der Waals surface area contributed by atoms with Crippen molar-refractivity contribution in [3.8, 4) is 0 Å². The summed E-state index contributed by atoms with van der Waals surface area (Å²) in [4.78, 5) is 37.8. The predicted octanol–water partition coefficient (Wildman–Crippen LogP) is 1.98. The molecular weight excluding hydrogens is 374 g/mol. The minimum absolute atomic E-state index is 0.0685. The first-order valence-electron chi connectivity index (χ1n) is 9.38. The average molecular weight is 397 g/mol. The Labute approximate surface area is 167 Å². The molecule has 1 unspecified atom stereocenters. The van der Waals surface area contributed by atoms with Gasteiger partial charge >= 0.3 is 0 Å². The molecule has 0 aliphatic rings. The van der Waals surface area contributed by atoms with Gasteiger partial charge in [-0.2, -0.15) is 5.10 Å². The second kappa shape index (κ2) is 8.26. The normalized spacial score (nSPS) is 12.0. The SMILES string of the molecule is CCCn1nc(C(=O)NNC(=O)C(C)c2c(C)noc2C)c2ccccc2c1=O. The fourth-order valence-electron chi connectivity index (χ4n) is 3.29. The molecule has 0 bridgehead atoms. The molecule has 0 spiro atoms. The lowest BCUT2D eigenvalue weighted by Crippen LogP contribution is -2.44. The van der Waals surface area contributed by atoms with E-state index in [0.717, 1.165) is 0 Å². The Morgan fingerprint density at radius 3 is 2.48 bits per heavy atom. The van der Waals surface area contributed by atoms with Crippen LogP contribution in [0.4, 0.5) is 0 Å². The maximum absolute atomic E-state index is 12.7. The quantitative estimate of drug-likeness (QED) is 0.636. The van der Waals surface area contributed by atoms with Crippen molar-refractivity contribution < 1.29 is 14.1 Å². The van der Waals surface area contributed by atoms with Crippen LogP contribution >= 0.6 is 0 Å². The van der Waals surface area contributed by atoms with Gasteiger partial charge < -0.3 is 4.52 Å². The second-order valence-corrected chi connectivity index (χ2v) is 6.83. The highest BCUT2D eigenvalue weighted by molar-refractivity contribution is 6.05. The molecule has 0 fully saturated rings. The molecule has 0 aliphatic heterocycles. The highest BCUT2D eigenvalue weighted by Crippen LogP contribution is 2.23. The zero-order chi connectivity index (χ0) is 21.1. The number of amides is 2. The third-order valence-electron chi connectivity index (χ3n) is 4.73. The first-order valence-corrected chi connectivity index (χ1v) is 9.38. The number of fused-ring (bicyclic) bond motifs is 1. The Kier molecular flexibility index (Phi) is 5.76. The van der Waals surface area contributed by atoms with E-state index in [1.807, 2.05) is 6.92 Å². The topological polar surface area (TPSA) is 119 Å². The molecule has 0 aliphatic carbocycles. The molecular formula is C20H23N5O4. The number of aromatic nitrogens is 3. The smallest absolute Gasteiger partial charge is 0.290 e. The molecule has 2 aromatic heterocycles.